The first-order valence-corrected chi connectivity index (χ1v) is 9.46. The SMILES string of the molecule is O=C(NS(=O)(=O)c1ccc2nc[nH]c(=O)c2c1)C1CC2CCC1C2. The van der Waals surface area contributed by atoms with Crippen LogP contribution in [0.2, 0.25) is 0 Å². The molecule has 1 aromatic carbocycles. The molecule has 0 spiro atoms. The lowest BCUT2D eigenvalue weighted by molar-refractivity contribution is -0.124. The van der Waals surface area contributed by atoms with Gasteiger partial charge in [-0.2, -0.15) is 0 Å². The lowest BCUT2D eigenvalue weighted by atomic mass is 9.88. The van der Waals surface area contributed by atoms with E-state index >= 15 is 0 Å². The van der Waals surface area contributed by atoms with Gasteiger partial charge in [0.25, 0.3) is 15.6 Å². The number of sulfonamides is 1. The minimum Gasteiger partial charge on any atom is -0.313 e. The normalized spacial score (nSPS) is 25.9. The smallest absolute Gasteiger partial charge is 0.264 e. The Balaban J connectivity index is 1.62. The van der Waals surface area contributed by atoms with Crippen molar-refractivity contribution in [2.24, 2.45) is 17.8 Å². The highest BCUT2D eigenvalue weighted by Crippen LogP contribution is 2.48. The second-order valence-corrected chi connectivity index (χ2v) is 8.34. The molecule has 0 saturated heterocycles. The Bertz CT molecular complexity index is 982. The van der Waals surface area contributed by atoms with E-state index < -0.39 is 21.5 Å². The van der Waals surface area contributed by atoms with Crippen LogP contribution in [0.1, 0.15) is 25.7 Å². The standard InChI is InChI=1S/C16H17N3O4S/c20-15-13-7-11(3-4-14(13)17-8-18-15)24(22,23)19-16(21)12-6-9-1-2-10(12)5-9/h3-4,7-10,12H,1-2,5-6H2,(H,19,21)(H,17,18,20). The van der Waals surface area contributed by atoms with E-state index in [0.717, 1.165) is 25.7 Å². The number of amides is 1. The predicted octanol–water partition coefficient (Wildman–Crippen LogP) is 1.16. The van der Waals surface area contributed by atoms with E-state index in [1.165, 1.54) is 24.5 Å². The summed E-state index contributed by atoms with van der Waals surface area (Å²) in [6.07, 6.45) is 5.19. The molecule has 1 heterocycles. The van der Waals surface area contributed by atoms with Gasteiger partial charge in [-0.1, -0.05) is 6.42 Å². The quantitative estimate of drug-likeness (QED) is 0.866. The van der Waals surface area contributed by atoms with Gasteiger partial charge in [-0.15, -0.1) is 0 Å². The molecule has 2 N–H and O–H groups in total. The van der Waals surface area contributed by atoms with Gasteiger partial charge in [-0.3, -0.25) is 9.59 Å². The van der Waals surface area contributed by atoms with Crippen molar-refractivity contribution in [3.63, 3.8) is 0 Å². The molecule has 4 rings (SSSR count). The number of H-pyrrole nitrogens is 1. The number of rotatable bonds is 3. The molecule has 7 nitrogen and oxygen atoms in total. The summed E-state index contributed by atoms with van der Waals surface area (Å²) in [6, 6.07) is 4.06. The Kier molecular flexibility index (Phi) is 3.45. The number of hydrogen-bond donors (Lipinski definition) is 2. The first-order chi connectivity index (χ1) is 11.4. The molecule has 2 bridgehead atoms. The summed E-state index contributed by atoms with van der Waals surface area (Å²) >= 11 is 0. The average molecular weight is 347 g/mol. The lowest BCUT2D eigenvalue weighted by Crippen LogP contribution is -2.37. The molecule has 126 valence electrons. The Morgan fingerprint density at radius 1 is 1.25 bits per heavy atom. The molecule has 0 aliphatic heterocycles. The highest BCUT2D eigenvalue weighted by molar-refractivity contribution is 7.90. The van der Waals surface area contributed by atoms with E-state index in [1.54, 1.807) is 0 Å². The molecule has 2 saturated carbocycles. The summed E-state index contributed by atoms with van der Waals surface area (Å²) in [7, 11) is -4.00. The summed E-state index contributed by atoms with van der Waals surface area (Å²) in [6.45, 7) is 0. The molecule has 8 heteroatoms. The lowest BCUT2D eigenvalue weighted by Gasteiger charge is -2.20. The van der Waals surface area contributed by atoms with Crippen LogP contribution in [0.4, 0.5) is 0 Å². The third-order valence-electron chi connectivity index (χ3n) is 5.23. The second kappa shape index (κ2) is 5.41. The van der Waals surface area contributed by atoms with Crippen LogP contribution in [0.5, 0.6) is 0 Å². The molecule has 0 radical (unpaired) electrons. The number of nitrogens with one attached hydrogen (secondary N) is 2. The Hall–Kier alpha value is -2.22. The molecule has 1 aromatic heterocycles. The van der Waals surface area contributed by atoms with Crippen LogP contribution >= 0.6 is 0 Å². The third-order valence-corrected chi connectivity index (χ3v) is 6.58. The minimum atomic E-state index is -4.00. The van der Waals surface area contributed by atoms with Gasteiger partial charge in [0.05, 0.1) is 22.1 Å². The topological polar surface area (TPSA) is 109 Å². The third kappa shape index (κ3) is 2.50. The molecule has 2 aliphatic carbocycles. The van der Waals surface area contributed by atoms with Crippen molar-refractivity contribution in [1.29, 1.82) is 0 Å². The Labute approximate surface area is 138 Å². The van der Waals surface area contributed by atoms with E-state index in [9.17, 15) is 18.0 Å². The van der Waals surface area contributed by atoms with E-state index in [2.05, 4.69) is 14.7 Å². The number of aromatic nitrogens is 2. The molecular weight excluding hydrogens is 330 g/mol. The van der Waals surface area contributed by atoms with Gasteiger partial charge in [0.1, 0.15) is 0 Å². The fourth-order valence-corrected chi connectivity index (χ4v) is 5.10. The number of nitrogens with zero attached hydrogens (tertiary/aromatic N) is 1. The molecular formula is C16H17N3O4S. The number of aromatic amines is 1. The Morgan fingerprint density at radius 2 is 2.08 bits per heavy atom. The van der Waals surface area contributed by atoms with Crippen molar-refractivity contribution >= 4 is 26.8 Å². The minimum absolute atomic E-state index is 0.106. The number of benzene rings is 1. The molecule has 2 aliphatic rings. The Morgan fingerprint density at radius 3 is 2.79 bits per heavy atom. The van der Waals surface area contributed by atoms with Crippen molar-refractivity contribution < 1.29 is 13.2 Å². The van der Waals surface area contributed by atoms with Gasteiger partial charge >= 0.3 is 0 Å². The summed E-state index contributed by atoms with van der Waals surface area (Å²) in [4.78, 5) is 30.5. The van der Waals surface area contributed by atoms with Crippen molar-refractivity contribution in [3.05, 3.63) is 34.9 Å². The molecule has 24 heavy (non-hydrogen) atoms. The fraction of sp³-hybridized carbons (Fsp3) is 0.438. The fourth-order valence-electron chi connectivity index (χ4n) is 4.05. The predicted molar refractivity (Wildman–Crippen MR) is 86.6 cm³/mol. The van der Waals surface area contributed by atoms with Gasteiger partial charge in [0, 0.05) is 5.92 Å². The molecule has 2 fully saturated rings. The van der Waals surface area contributed by atoms with Crippen LogP contribution in [0.15, 0.2) is 34.2 Å². The summed E-state index contributed by atoms with van der Waals surface area (Å²) in [5, 5.41) is 0.174. The van der Waals surface area contributed by atoms with Crippen molar-refractivity contribution in [2.45, 2.75) is 30.6 Å². The molecule has 1 amide bonds. The van der Waals surface area contributed by atoms with E-state index in [1.807, 2.05) is 0 Å². The molecule has 2 aromatic rings. The highest BCUT2D eigenvalue weighted by atomic mass is 32.2. The van der Waals surface area contributed by atoms with Crippen LogP contribution < -0.4 is 10.3 Å². The van der Waals surface area contributed by atoms with Crippen LogP contribution in [-0.2, 0) is 14.8 Å². The second-order valence-electron chi connectivity index (χ2n) is 6.66. The van der Waals surface area contributed by atoms with Crippen LogP contribution in [0.25, 0.3) is 10.9 Å². The number of carbonyl (C=O) groups excluding carboxylic acids is 1. The van der Waals surface area contributed by atoms with E-state index in [0.29, 0.717) is 17.4 Å². The summed E-state index contributed by atoms with van der Waals surface area (Å²) in [5.74, 6) is 0.207. The molecule has 3 atom stereocenters. The average Bonchev–Trinajstić information content (AvgIpc) is 3.17. The highest BCUT2D eigenvalue weighted by Gasteiger charge is 2.43. The van der Waals surface area contributed by atoms with E-state index in [-0.39, 0.29) is 16.2 Å². The zero-order valence-corrected chi connectivity index (χ0v) is 13.7. The zero-order valence-electron chi connectivity index (χ0n) is 12.9. The van der Waals surface area contributed by atoms with Crippen LogP contribution in [-0.4, -0.2) is 24.3 Å². The largest absolute Gasteiger partial charge is 0.313 e. The summed E-state index contributed by atoms with van der Waals surface area (Å²) in [5.41, 5.74) is -0.0198. The number of hydrogen-bond acceptors (Lipinski definition) is 5. The number of fused-ring (bicyclic) bond motifs is 3. The maximum Gasteiger partial charge on any atom is 0.264 e. The molecule has 3 unspecified atom stereocenters. The van der Waals surface area contributed by atoms with Crippen molar-refractivity contribution in [3.8, 4) is 0 Å². The van der Waals surface area contributed by atoms with Gasteiger partial charge in [-0.25, -0.2) is 18.1 Å². The van der Waals surface area contributed by atoms with Crippen molar-refractivity contribution in [1.82, 2.24) is 14.7 Å². The summed E-state index contributed by atoms with van der Waals surface area (Å²) < 4.78 is 27.2. The zero-order chi connectivity index (χ0) is 16.9. The van der Waals surface area contributed by atoms with Gasteiger partial charge in [0.15, 0.2) is 0 Å². The van der Waals surface area contributed by atoms with Gasteiger partial charge in [-0.05, 0) is 49.3 Å². The van der Waals surface area contributed by atoms with Gasteiger partial charge < -0.3 is 4.98 Å². The van der Waals surface area contributed by atoms with Crippen LogP contribution in [0.3, 0.4) is 0 Å². The maximum absolute atomic E-state index is 12.5. The van der Waals surface area contributed by atoms with E-state index in [4.69, 9.17) is 0 Å². The first-order valence-electron chi connectivity index (χ1n) is 7.98. The number of carbonyl (C=O) groups is 1. The monoisotopic (exact) mass is 347 g/mol. The maximum atomic E-state index is 12.5. The van der Waals surface area contributed by atoms with Gasteiger partial charge in [0.2, 0.25) is 5.91 Å². The van der Waals surface area contributed by atoms with Crippen molar-refractivity contribution in [2.75, 3.05) is 0 Å². The first kappa shape index (κ1) is 15.3. The van der Waals surface area contributed by atoms with Crippen LogP contribution in [0, 0.1) is 17.8 Å².